The molecule has 0 N–H and O–H groups in total. The van der Waals surface area contributed by atoms with E-state index < -0.39 is 6.49 Å². The van der Waals surface area contributed by atoms with Gasteiger partial charge in [0.15, 0.2) is 0 Å². The van der Waals surface area contributed by atoms with Gasteiger partial charge in [0.25, 0.3) is 0 Å². The molecule has 1 aromatic carbocycles. The Balaban J connectivity index is 2.50. The van der Waals surface area contributed by atoms with Crippen LogP contribution in [0.25, 0.3) is 0 Å². The van der Waals surface area contributed by atoms with E-state index in [1.54, 1.807) is 0 Å². The summed E-state index contributed by atoms with van der Waals surface area (Å²) in [6.45, 7) is -0.0507. The van der Waals surface area contributed by atoms with E-state index >= 15 is 0 Å². The first-order valence-electron chi connectivity index (χ1n) is 4.40. The second-order valence-electron chi connectivity index (χ2n) is 2.73. The molecule has 0 aliphatic heterocycles. The third-order valence-corrected chi connectivity index (χ3v) is 4.20. The lowest BCUT2D eigenvalue weighted by Crippen LogP contribution is -2.32. The minimum absolute atomic E-state index is 0.605. The lowest BCUT2D eigenvalue weighted by atomic mass is 10.3. The molecule has 1 unspecified atom stereocenters. The van der Waals surface area contributed by atoms with Gasteiger partial charge in [0.1, 0.15) is 5.75 Å². The maximum atomic E-state index is 6.06. The molecule has 5 heteroatoms. The number of hydrogen-bond acceptors (Lipinski definition) is 2. The molecule has 0 radical (unpaired) electrons. The van der Waals surface area contributed by atoms with Crippen LogP contribution < -0.4 is 4.43 Å². The maximum Gasteiger partial charge on any atom is 0.583 e. The summed E-state index contributed by atoms with van der Waals surface area (Å²) >= 11 is 9.34. The first kappa shape index (κ1) is 12.0. The Bertz CT molecular complexity index is 269. The summed E-state index contributed by atoms with van der Waals surface area (Å²) in [4.78, 5) is 0. The predicted molar refractivity (Wildman–Crippen MR) is 63.8 cm³/mol. The summed E-state index contributed by atoms with van der Waals surface area (Å²) in [5, 5.41) is 0. The van der Waals surface area contributed by atoms with E-state index in [4.69, 9.17) is 19.9 Å². The topological polar surface area (TPSA) is 18.5 Å². The fourth-order valence-electron chi connectivity index (χ4n) is 0.876. The van der Waals surface area contributed by atoms with Crippen LogP contribution in [-0.4, -0.2) is 13.1 Å². The molecule has 1 aromatic rings. The molecule has 2 nitrogen and oxygen atoms in total. The van der Waals surface area contributed by atoms with Crippen LogP contribution in [0.15, 0.2) is 30.3 Å². The predicted octanol–water partition coefficient (Wildman–Crippen LogP) is 3.56. The first-order valence-corrected chi connectivity index (χ1v) is 9.48. The summed E-state index contributed by atoms with van der Waals surface area (Å²) in [5.41, 5.74) is 0. The minimum Gasteiger partial charge on any atom is -0.502 e. The lowest BCUT2D eigenvalue weighted by molar-refractivity contribution is 0.276. The van der Waals surface area contributed by atoms with E-state index in [2.05, 4.69) is 15.3 Å². The van der Waals surface area contributed by atoms with Crippen LogP contribution in [0.4, 0.5) is 0 Å². The summed E-state index contributed by atoms with van der Waals surface area (Å²) in [6, 6.07) is 9.40. The third-order valence-electron chi connectivity index (χ3n) is 1.45. The largest absolute Gasteiger partial charge is 0.583 e. The Labute approximate surface area is 97.7 Å². The second kappa shape index (κ2) is 5.75. The van der Waals surface area contributed by atoms with Crippen molar-refractivity contribution >= 4 is 32.9 Å². The summed E-state index contributed by atoms with van der Waals surface area (Å²) < 4.78 is 10.9. The highest BCUT2D eigenvalue weighted by atomic mass is 79.9. The standard InChI is InChI=1S/C9H12BrClO2Si/c1-2-8-12-14(10,11)13-9-6-4-3-5-7-9/h3-7H,2,8H2,1H3. The molecule has 14 heavy (non-hydrogen) atoms. The van der Waals surface area contributed by atoms with Crippen LogP contribution in [0.2, 0.25) is 0 Å². The van der Waals surface area contributed by atoms with Crippen molar-refractivity contribution in [1.82, 2.24) is 0 Å². The fourth-order valence-corrected chi connectivity index (χ4v) is 3.33. The van der Waals surface area contributed by atoms with E-state index in [0.717, 1.165) is 12.2 Å². The van der Waals surface area contributed by atoms with Gasteiger partial charge in [0.2, 0.25) is 0 Å². The van der Waals surface area contributed by atoms with Gasteiger partial charge in [-0.3, -0.25) is 0 Å². The zero-order chi connectivity index (χ0) is 10.4. The Morgan fingerprint density at radius 1 is 1.36 bits per heavy atom. The van der Waals surface area contributed by atoms with Crippen LogP contribution in [0.3, 0.4) is 0 Å². The molecule has 0 aliphatic rings. The molecule has 1 atom stereocenters. The van der Waals surface area contributed by atoms with Crippen LogP contribution >= 0.6 is 26.4 Å². The van der Waals surface area contributed by atoms with Gasteiger partial charge < -0.3 is 8.85 Å². The average Bonchev–Trinajstić information content (AvgIpc) is 2.16. The molecule has 0 saturated carbocycles. The number of para-hydroxylation sites is 1. The van der Waals surface area contributed by atoms with Crippen molar-refractivity contribution in [3.63, 3.8) is 0 Å². The van der Waals surface area contributed by atoms with Crippen molar-refractivity contribution in [1.29, 1.82) is 0 Å². The molecule has 0 amide bonds. The van der Waals surface area contributed by atoms with E-state index in [1.807, 2.05) is 37.3 Å². The average molecular weight is 296 g/mol. The van der Waals surface area contributed by atoms with E-state index in [1.165, 1.54) is 0 Å². The molecule has 0 saturated heterocycles. The minimum atomic E-state index is -2.68. The molecule has 0 aliphatic carbocycles. The van der Waals surface area contributed by atoms with Crippen molar-refractivity contribution in [3.05, 3.63) is 30.3 Å². The smallest absolute Gasteiger partial charge is 0.502 e. The second-order valence-corrected chi connectivity index (χ2v) is 10.1. The quantitative estimate of drug-likeness (QED) is 0.611. The summed E-state index contributed by atoms with van der Waals surface area (Å²) in [5.74, 6) is 0.724. The molecule has 0 aromatic heterocycles. The Morgan fingerprint density at radius 2 is 2.00 bits per heavy atom. The zero-order valence-corrected chi connectivity index (χ0v) is 11.2. The lowest BCUT2D eigenvalue weighted by Gasteiger charge is -2.18. The van der Waals surface area contributed by atoms with Crippen LogP contribution in [0, 0.1) is 0 Å². The number of benzene rings is 1. The van der Waals surface area contributed by atoms with Gasteiger partial charge in [-0.05, 0) is 33.8 Å². The van der Waals surface area contributed by atoms with Gasteiger partial charge in [0.05, 0.1) is 0 Å². The van der Waals surface area contributed by atoms with Crippen LogP contribution in [0.5, 0.6) is 5.75 Å². The maximum absolute atomic E-state index is 6.06. The Morgan fingerprint density at radius 3 is 2.57 bits per heavy atom. The number of halogens is 2. The van der Waals surface area contributed by atoms with Crippen molar-refractivity contribution in [2.24, 2.45) is 0 Å². The van der Waals surface area contributed by atoms with Gasteiger partial charge in [-0.2, -0.15) is 0 Å². The first-order chi connectivity index (χ1) is 6.64. The van der Waals surface area contributed by atoms with E-state index in [-0.39, 0.29) is 0 Å². The SMILES string of the molecule is CCCO[Si](Cl)(Br)Oc1ccccc1. The van der Waals surface area contributed by atoms with Crippen molar-refractivity contribution in [2.45, 2.75) is 13.3 Å². The Hall–Kier alpha value is -0.0331. The highest BCUT2D eigenvalue weighted by molar-refractivity contribution is 9.26. The van der Waals surface area contributed by atoms with Crippen molar-refractivity contribution in [2.75, 3.05) is 6.61 Å². The number of rotatable bonds is 5. The molecule has 1 rings (SSSR count). The van der Waals surface area contributed by atoms with Gasteiger partial charge in [-0.1, -0.05) is 36.2 Å². The molecular weight excluding hydrogens is 284 g/mol. The van der Waals surface area contributed by atoms with Gasteiger partial charge in [-0.15, -0.1) is 0 Å². The number of hydrogen-bond donors (Lipinski definition) is 0. The van der Waals surface area contributed by atoms with Crippen LogP contribution in [-0.2, 0) is 4.43 Å². The highest BCUT2D eigenvalue weighted by Crippen LogP contribution is 2.24. The monoisotopic (exact) mass is 294 g/mol. The molecule has 0 heterocycles. The summed E-state index contributed by atoms with van der Waals surface area (Å²) in [7, 11) is 0. The van der Waals surface area contributed by atoms with Gasteiger partial charge in [0, 0.05) is 6.61 Å². The van der Waals surface area contributed by atoms with E-state index in [9.17, 15) is 0 Å². The van der Waals surface area contributed by atoms with E-state index in [0.29, 0.717) is 6.61 Å². The molecular formula is C9H12BrClO2Si. The highest BCUT2D eigenvalue weighted by Gasteiger charge is 2.34. The molecule has 0 spiro atoms. The van der Waals surface area contributed by atoms with Crippen molar-refractivity contribution in [3.8, 4) is 5.75 Å². The van der Waals surface area contributed by atoms with Crippen molar-refractivity contribution < 1.29 is 8.85 Å². The third kappa shape index (κ3) is 4.46. The Kier molecular flexibility index (Phi) is 4.95. The zero-order valence-electron chi connectivity index (χ0n) is 7.87. The van der Waals surface area contributed by atoms with Crippen LogP contribution in [0.1, 0.15) is 13.3 Å². The molecule has 0 fully saturated rings. The fraction of sp³-hybridized carbons (Fsp3) is 0.333. The molecule has 78 valence electrons. The molecule has 0 bridgehead atoms. The normalized spacial score (nSPS) is 14.8. The van der Waals surface area contributed by atoms with Gasteiger partial charge >= 0.3 is 6.49 Å². The summed E-state index contributed by atoms with van der Waals surface area (Å²) in [6.07, 6.45) is 0.922. The van der Waals surface area contributed by atoms with Gasteiger partial charge in [-0.25, -0.2) is 0 Å².